The van der Waals surface area contributed by atoms with Gasteiger partial charge in [-0.05, 0) is 43.0 Å². The minimum atomic E-state index is -0.721. The van der Waals surface area contributed by atoms with Gasteiger partial charge in [-0.25, -0.2) is 0 Å². The lowest BCUT2D eigenvalue weighted by atomic mass is 10.1. The second kappa shape index (κ2) is 9.23. The van der Waals surface area contributed by atoms with E-state index in [2.05, 4.69) is 31.2 Å². The number of rotatable bonds is 8. The molecule has 1 amide bonds. The largest absolute Gasteiger partial charge is 0.497 e. The summed E-state index contributed by atoms with van der Waals surface area (Å²) in [6, 6.07) is 15.7. The number of aliphatic hydroxyl groups excluding tert-OH is 1. The molecule has 1 unspecified atom stereocenters. The summed E-state index contributed by atoms with van der Waals surface area (Å²) in [5.74, 6) is 0.748. The number of benzene rings is 2. The van der Waals surface area contributed by atoms with Crippen molar-refractivity contribution in [2.24, 2.45) is 0 Å². The molecule has 0 saturated carbocycles. The molecule has 0 aliphatic heterocycles. The highest BCUT2D eigenvalue weighted by atomic mass is 16.5. The van der Waals surface area contributed by atoms with E-state index in [9.17, 15) is 9.90 Å². The van der Waals surface area contributed by atoms with E-state index in [1.807, 2.05) is 18.2 Å². The van der Waals surface area contributed by atoms with Crippen LogP contribution in [-0.2, 0) is 11.2 Å². The molecule has 0 fully saturated rings. The highest BCUT2D eigenvalue weighted by Crippen LogP contribution is 2.20. The van der Waals surface area contributed by atoms with Crippen molar-refractivity contribution in [3.8, 4) is 5.75 Å². The van der Waals surface area contributed by atoms with E-state index in [0.717, 1.165) is 18.4 Å². The quantitative estimate of drug-likeness (QED) is 0.799. The van der Waals surface area contributed by atoms with Gasteiger partial charge in [-0.1, -0.05) is 42.0 Å². The summed E-state index contributed by atoms with van der Waals surface area (Å²) in [7, 11) is 3.33. The van der Waals surface area contributed by atoms with Crippen LogP contribution in [0.5, 0.6) is 5.75 Å². The summed E-state index contributed by atoms with van der Waals surface area (Å²) in [5, 5.41) is 10.3. The zero-order valence-corrected chi connectivity index (χ0v) is 15.2. The van der Waals surface area contributed by atoms with Crippen molar-refractivity contribution in [3.05, 3.63) is 65.2 Å². The molecule has 2 aromatic rings. The molecule has 25 heavy (non-hydrogen) atoms. The van der Waals surface area contributed by atoms with Gasteiger partial charge in [0, 0.05) is 13.5 Å². The third kappa shape index (κ3) is 5.91. The van der Waals surface area contributed by atoms with Crippen LogP contribution in [0, 0.1) is 6.92 Å². The van der Waals surface area contributed by atoms with E-state index in [1.165, 1.54) is 11.1 Å². The fraction of sp³-hybridized carbons (Fsp3) is 0.381. The Balaban J connectivity index is 1.79. The number of carbonyl (C=O) groups is 1. The van der Waals surface area contributed by atoms with Crippen molar-refractivity contribution in [2.45, 2.75) is 32.3 Å². The molecule has 0 saturated heterocycles. The van der Waals surface area contributed by atoms with Gasteiger partial charge >= 0.3 is 0 Å². The first-order valence-electron chi connectivity index (χ1n) is 8.61. The molecular formula is C21H27NO3. The fourth-order valence-corrected chi connectivity index (χ4v) is 2.70. The topological polar surface area (TPSA) is 49.8 Å². The number of carbonyl (C=O) groups excluding carboxylic acids is 1. The Hall–Kier alpha value is -2.33. The Morgan fingerprint density at radius 1 is 1.20 bits per heavy atom. The van der Waals surface area contributed by atoms with Gasteiger partial charge in [-0.15, -0.1) is 0 Å². The summed E-state index contributed by atoms with van der Waals surface area (Å²) < 4.78 is 5.17. The summed E-state index contributed by atoms with van der Waals surface area (Å²) in [6.07, 6.45) is 1.45. The number of ether oxygens (including phenoxy) is 1. The van der Waals surface area contributed by atoms with E-state index < -0.39 is 6.10 Å². The molecule has 0 heterocycles. The predicted molar refractivity (Wildman–Crippen MR) is 99.7 cm³/mol. The molecule has 4 heteroatoms. The molecule has 2 aromatic carbocycles. The lowest BCUT2D eigenvalue weighted by Crippen LogP contribution is -2.31. The Morgan fingerprint density at radius 2 is 1.92 bits per heavy atom. The van der Waals surface area contributed by atoms with E-state index in [4.69, 9.17) is 4.74 Å². The van der Waals surface area contributed by atoms with Crippen LogP contribution in [0.1, 0.15) is 35.6 Å². The summed E-state index contributed by atoms with van der Waals surface area (Å²) >= 11 is 0. The molecule has 0 aromatic heterocycles. The van der Waals surface area contributed by atoms with E-state index in [-0.39, 0.29) is 12.5 Å². The second-order valence-corrected chi connectivity index (χ2v) is 6.41. The first-order valence-corrected chi connectivity index (χ1v) is 8.61. The van der Waals surface area contributed by atoms with Crippen LogP contribution in [0.2, 0.25) is 0 Å². The molecule has 134 valence electrons. The highest BCUT2D eigenvalue weighted by molar-refractivity contribution is 5.75. The minimum Gasteiger partial charge on any atom is -0.497 e. The van der Waals surface area contributed by atoms with Crippen molar-refractivity contribution in [1.29, 1.82) is 0 Å². The van der Waals surface area contributed by atoms with Gasteiger partial charge in [-0.2, -0.15) is 0 Å². The van der Waals surface area contributed by atoms with Crippen LogP contribution in [0.15, 0.2) is 48.5 Å². The molecule has 0 bridgehead atoms. The summed E-state index contributed by atoms with van der Waals surface area (Å²) in [6.45, 7) is 2.34. The molecule has 0 aliphatic carbocycles. The maximum atomic E-state index is 12.3. The zero-order chi connectivity index (χ0) is 18.2. The predicted octanol–water partition coefficient (Wildman–Crippen LogP) is 3.52. The molecule has 1 atom stereocenters. The van der Waals surface area contributed by atoms with Gasteiger partial charge in [0.2, 0.25) is 5.91 Å². The Morgan fingerprint density at radius 3 is 2.60 bits per heavy atom. The molecule has 0 aliphatic rings. The summed E-state index contributed by atoms with van der Waals surface area (Å²) in [4.78, 5) is 13.9. The van der Waals surface area contributed by atoms with Crippen LogP contribution in [0.3, 0.4) is 0 Å². The van der Waals surface area contributed by atoms with Crippen LogP contribution < -0.4 is 4.74 Å². The lowest BCUT2D eigenvalue weighted by Gasteiger charge is -2.21. The third-order valence-corrected chi connectivity index (χ3v) is 4.33. The van der Waals surface area contributed by atoms with Crippen molar-refractivity contribution in [2.75, 3.05) is 20.7 Å². The maximum Gasteiger partial charge on any atom is 0.222 e. The second-order valence-electron chi connectivity index (χ2n) is 6.41. The normalized spacial score (nSPS) is 11.8. The number of aliphatic hydroxyl groups is 1. The average molecular weight is 341 g/mol. The van der Waals surface area contributed by atoms with Crippen LogP contribution in [0.4, 0.5) is 0 Å². The Kier molecular flexibility index (Phi) is 7.02. The van der Waals surface area contributed by atoms with Crippen LogP contribution >= 0.6 is 0 Å². The number of methoxy groups -OCH3 is 1. The van der Waals surface area contributed by atoms with Gasteiger partial charge in [0.25, 0.3) is 0 Å². The number of amides is 1. The van der Waals surface area contributed by atoms with Crippen molar-refractivity contribution >= 4 is 5.91 Å². The van der Waals surface area contributed by atoms with Gasteiger partial charge in [0.05, 0.1) is 19.8 Å². The third-order valence-electron chi connectivity index (χ3n) is 4.33. The maximum absolute atomic E-state index is 12.3. The van der Waals surface area contributed by atoms with Crippen molar-refractivity contribution < 1.29 is 14.6 Å². The highest BCUT2D eigenvalue weighted by Gasteiger charge is 2.15. The number of nitrogens with zero attached hydrogens (tertiary/aromatic N) is 1. The fourth-order valence-electron chi connectivity index (χ4n) is 2.70. The van der Waals surface area contributed by atoms with Gasteiger partial charge in [0.1, 0.15) is 5.75 Å². The van der Waals surface area contributed by atoms with E-state index in [0.29, 0.717) is 12.2 Å². The Bertz CT molecular complexity index is 682. The first kappa shape index (κ1) is 19.0. The van der Waals surface area contributed by atoms with E-state index >= 15 is 0 Å². The lowest BCUT2D eigenvalue weighted by molar-refractivity contribution is -0.131. The molecule has 1 N–H and O–H groups in total. The Labute approximate surface area is 150 Å². The number of hydrogen-bond donors (Lipinski definition) is 1. The number of likely N-dealkylation sites (N-methyl/N-ethyl adjacent to an activating group) is 1. The van der Waals surface area contributed by atoms with Crippen molar-refractivity contribution in [1.82, 2.24) is 4.90 Å². The minimum absolute atomic E-state index is 0.0501. The van der Waals surface area contributed by atoms with E-state index in [1.54, 1.807) is 25.1 Å². The standard InChI is InChI=1S/C21H27NO3/c1-16-10-12-17(13-11-16)6-4-9-21(24)22(2)15-20(23)18-7-5-8-19(14-18)25-3/h5,7-8,10-14,20,23H,4,6,9,15H2,1-3H3. The first-order chi connectivity index (χ1) is 12.0. The van der Waals surface area contributed by atoms with Crippen LogP contribution in [0.25, 0.3) is 0 Å². The van der Waals surface area contributed by atoms with Gasteiger partial charge in [-0.3, -0.25) is 4.79 Å². The molecular weight excluding hydrogens is 314 g/mol. The number of aryl methyl sites for hydroxylation is 2. The molecule has 2 rings (SSSR count). The monoisotopic (exact) mass is 341 g/mol. The molecule has 4 nitrogen and oxygen atoms in total. The van der Waals surface area contributed by atoms with Crippen LogP contribution in [-0.4, -0.2) is 36.6 Å². The zero-order valence-electron chi connectivity index (χ0n) is 15.2. The smallest absolute Gasteiger partial charge is 0.222 e. The van der Waals surface area contributed by atoms with Crippen molar-refractivity contribution in [3.63, 3.8) is 0 Å². The molecule has 0 radical (unpaired) electrons. The summed E-state index contributed by atoms with van der Waals surface area (Å²) in [5.41, 5.74) is 3.24. The SMILES string of the molecule is COc1cccc(C(O)CN(C)C(=O)CCCc2ccc(C)cc2)c1. The van der Waals surface area contributed by atoms with Gasteiger partial charge in [0.15, 0.2) is 0 Å². The molecule has 0 spiro atoms. The van der Waals surface area contributed by atoms with Gasteiger partial charge < -0.3 is 14.7 Å². The average Bonchev–Trinajstić information content (AvgIpc) is 2.63. The number of hydrogen-bond acceptors (Lipinski definition) is 3.